The van der Waals surface area contributed by atoms with Crippen molar-refractivity contribution >= 4 is 28.3 Å². The highest BCUT2D eigenvalue weighted by Crippen LogP contribution is 2.36. The Labute approximate surface area is 203 Å². The normalized spacial score (nSPS) is 10.8. The standard InChI is InChI=1S/C28H25N5O2/c1-18(34)32-22-6-4-5-21(13-22)25-16-33(28-15-27(29-2)30-17-31-28)26-14-20(9-12-24(25)26)19-7-10-23(35-3)11-8-19/h4-17H,1-3H3,(H,32,34)(H,29,30,31). The van der Waals surface area contributed by atoms with E-state index in [2.05, 4.69) is 61.7 Å². The van der Waals surface area contributed by atoms with Gasteiger partial charge in [-0.05, 0) is 47.0 Å². The average molecular weight is 464 g/mol. The summed E-state index contributed by atoms with van der Waals surface area (Å²) in [5, 5.41) is 7.03. The molecule has 0 fully saturated rings. The third-order valence-electron chi connectivity index (χ3n) is 5.88. The Bertz CT molecular complexity index is 1520. The van der Waals surface area contributed by atoms with Gasteiger partial charge in [0.25, 0.3) is 0 Å². The van der Waals surface area contributed by atoms with Crippen molar-refractivity contribution in [3.63, 3.8) is 0 Å². The number of amides is 1. The molecule has 0 radical (unpaired) electrons. The number of rotatable bonds is 6. The summed E-state index contributed by atoms with van der Waals surface area (Å²) in [5.41, 5.74) is 5.98. The fourth-order valence-electron chi connectivity index (χ4n) is 4.19. The van der Waals surface area contributed by atoms with Gasteiger partial charge in [0.2, 0.25) is 5.91 Å². The summed E-state index contributed by atoms with van der Waals surface area (Å²) >= 11 is 0. The van der Waals surface area contributed by atoms with Crippen LogP contribution in [0.1, 0.15) is 6.92 Å². The molecule has 2 N–H and O–H groups in total. The Morgan fingerprint density at radius 3 is 2.46 bits per heavy atom. The van der Waals surface area contributed by atoms with Crippen molar-refractivity contribution in [2.45, 2.75) is 6.92 Å². The zero-order chi connectivity index (χ0) is 24.4. The van der Waals surface area contributed by atoms with Gasteiger partial charge in [0.1, 0.15) is 23.7 Å². The first-order chi connectivity index (χ1) is 17.1. The van der Waals surface area contributed by atoms with E-state index < -0.39 is 0 Å². The number of carbonyl (C=O) groups is 1. The maximum Gasteiger partial charge on any atom is 0.221 e. The Hall–Kier alpha value is -4.65. The first-order valence-corrected chi connectivity index (χ1v) is 11.2. The summed E-state index contributed by atoms with van der Waals surface area (Å²) in [6, 6.07) is 24.2. The Morgan fingerprint density at radius 2 is 1.71 bits per heavy atom. The van der Waals surface area contributed by atoms with Crippen molar-refractivity contribution < 1.29 is 9.53 Å². The number of methoxy groups -OCH3 is 1. The fraction of sp³-hybridized carbons (Fsp3) is 0.107. The van der Waals surface area contributed by atoms with Crippen molar-refractivity contribution in [2.75, 3.05) is 24.8 Å². The van der Waals surface area contributed by atoms with Gasteiger partial charge in [-0.25, -0.2) is 9.97 Å². The molecular formula is C28H25N5O2. The van der Waals surface area contributed by atoms with Crippen LogP contribution in [0, 0.1) is 0 Å². The molecule has 2 heterocycles. The van der Waals surface area contributed by atoms with E-state index in [1.807, 2.05) is 49.5 Å². The predicted octanol–water partition coefficient (Wildman–Crippen LogP) is 5.76. The van der Waals surface area contributed by atoms with E-state index in [-0.39, 0.29) is 5.91 Å². The molecule has 3 aromatic carbocycles. The lowest BCUT2D eigenvalue weighted by molar-refractivity contribution is -0.114. The van der Waals surface area contributed by atoms with Crippen LogP contribution in [-0.2, 0) is 4.79 Å². The molecule has 35 heavy (non-hydrogen) atoms. The summed E-state index contributed by atoms with van der Waals surface area (Å²) in [6.07, 6.45) is 3.63. The van der Waals surface area contributed by atoms with Gasteiger partial charge in [-0.3, -0.25) is 4.79 Å². The van der Waals surface area contributed by atoms with E-state index in [9.17, 15) is 4.79 Å². The van der Waals surface area contributed by atoms with Crippen molar-refractivity contribution in [3.8, 4) is 33.8 Å². The maximum atomic E-state index is 11.6. The van der Waals surface area contributed by atoms with Crippen LogP contribution in [0.25, 0.3) is 39.0 Å². The molecule has 5 rings (SSSR count). The minimum absolute atomic E-state index is 0.103. The highest BCUT2D eigenvalue weighted by molar-refractivity contribution is 6.00. The lowest BCUT2D eigenvalue weighted by Crippen LogP contribution is -2.05. The molecule has 0 unspecified atom stereocenters. The third-order valence-corrected chi connectivity index (χ3v) is 5.88. The van der Waals surface area contributed by atoms with Crippen LogP contribution in [0.3, 0.4) is 0 Å². The second-order valence-corrected chi connectivity index (χ2v) is 8.15. The quantitative estimate of drug-likeness (QED) is 0.334. The molecule has 0 spiro atoms. The number of carbonyl (C=O) groups excluding carboxylic acids is 1. The zero-order valence-electron chi connectivity index (χ0n) is 19.7. The molecule has 5 aromatic rings. The number of fused-ring (bicyclic) bond motifs is 1. The van der Waals surface area contributed by atoms with Crippen molar-refractivity contribution in [1.82, 2.24) is 14.5 Å². The predicted molar refractivity (Wildman–Crippen MR) is 140 cm³/mol. The monoisotopic (exact) mass is 463 g/mol. The van der Waals surface area contributed by atoms with Crippen molar-refractivity contribution in [3.05, 3.63) is 85.3 Å². The van der Waals surface area contributed by atoms with E-state index >= 15 is 0 Å². The molecule has 1 amide bonds. The molecular weight excluding hydrogens is 438 g/mol. The average Bonchev–Trinajstić information content (AvgIpc) is 3.27. The minimum Gasteiger partial charge on any atom is -0.497 e. The Kier molecular flexibility index (Phi) is 5.89. The Balaban J connectivity index is 1.70. The summed E-state index contributed by atoms with van der Waals surface area (Å²) in [6.45, 7) is 1.51. The fourth-order valence-corrected chi connectivity index (χ4v) is 4.19. The highest BCUT2D eigenvalue weighted by atomic mass is 16.5. The van der Waals surface area contributed by atoms with Crippen LogP contribution >= 0.6 is 0 Å². The van der Waals surface area contributed by atoms with Crippen LogP contribution in [0.2, 0.25) is 0 Å². The van der Waals surface area contributed by atoms with Crippen LogP contribution in [0.5, 0.6) is 5.75 Å². The number of hydrogen-bond acceptors (Lipinski definition) is 5. The molecule has 0 aliphatic heterocycles. The number of anilines is 2. The Morgan fingerprint density at radius 1 is 0.914 bits per heavy atom. The number of ether oxygens (including phenoxy) is 1. The zero-order valence-corrected chi connectivity index (χ0v) is 19.7. The van der Waals surface area contributed by atoms with Gasteiger partial charge in [0, 0.05) is 42.9 Å². The van der Waals surface area contributed by atoms with Gasteiger partial charge in [-0.2, -0.15) is 0 Å². The number of nitrogens with zero attached hydrogens (tertiary/aromatic N) is 3. The lowest BCUT2D eigenvalue weighted by Gasteiger charge is -2.08. The molecule has 7 heteroatoms. The molecule has 0 atom stereocenters. The first kappa shape index (κ1) is 22.2. The lowest BCUT2D eigenvalue weighted by atomic mass is 10.0. The second-order valence-electron chi connectivity index (χ2n) is 8.15. The van der Waals surface area contributed by atoms with E-state index in [1.165, 1.54) is 6.92 Å². The summed E-state index contributed by atoms with van der Waals surface area (Å²) in [4.78, 5) is 20.4. The van der Waals surface area contributed by atoms with Crippen molar-refractivity contribution in [1.29, 1.82) is 0 Å². The SMILES string of the molecule is CNc1cc(-n2cc(-c3cccc(NC(C)=O)c3)c3ccc(-c4ccc(OC)cc4)cc32)ncn1. The van der Waals surface area contributed by atoms with Gasteiger partial charge >= 0.3 is 0 Å². The molecule has 0 aliphatic rings. The van der Waals surface area contributed by atoms with E-state index in [4.69, 9.17) is 4.74 Å². The van der Waals surface area contributed by atoms with E-state index in [1.54, 1.807) is 13.4 Å². The molecule has 2 aromatic heterocycles. The van der Waals surface area contributed by atoms with Crippen LogP contribution in [-0.4, -0.2) is 34.6 Å². The molecule has 7 nitrogen and oxygen atoms in total. The maximum absolute atomic E-state index is 11.6. The van der Waals surface area contributed by atoms with Crippen LogP contribution in [0.4, 0.5) is 11.5 Å². The minimum atomic E-state index is -0.103. The van der Waals surface area contributed by atoms with Crippen LogP contribution < -0.4 is 15.4 Å². The highest BCUT2D eigenvalue weighted by Gasteiger charge is 2.15. The van der Waals surface area contributed by atoms with Gasteiger partial charge in [-0.15, -0.1) is 0 Å². The van der Waals surface area contributed by atoms with Gasteiger partial charge < -0.3 is 19.9 Å². The molecule has 0 saturated carbocycles. The van der Waals surface area contributed by atoms with Gasteiger partial charge in [-0.1, -0.05) is 36.4 Å². The smallest absolute Gasteiger partial charge is 0.221 e. The molecule has 0 bridgehead atoms. The molecule has 0 aliphatic carbocycles. The summed E-state index contributed by atoms with van der Waals surface area (Å²) in [5.74, 6) is 2.21. The summed E-state index contributed by atoms with van der Waals surface area (Å²) in [7, 11) is 3.50. The second kappa shape index (κ2) is 9.30. The summed E-state index contributed by atoms with van der Waals surface area (Å²) < 4.78 is 7.38. The van der Waals surface area contributed by atoms with Gasteiger partial charge in [0.15, 0.2) is 0 Å². The number of hydrogen-bond donors (Lipinski definition) is 2. The molecule has 174 valence electrons. The first-order valence-electron chi connectivity index (χ1n) is 11.2. The third kappa shape index (κ3) is 4.44. The largest absolute Gasteiger partial charge is 0.497 e. The number of benzene rings is 3. The van der Waals surface area contributed by atoms with Crippen molar-refractivity contribution in [2.24, 2.45) is 0 Å². The molecule has 0 saturated heterocycles. The van der Waals surface area contributed by atoms with Gasteiger partial charge in [0.05, 0.1) is 12.6 Å². The number of aromatic nitrogens is 3. The van der Waals surface area contributed by atoms with Crippen LogP contribution in [0.15, 0.2) is 85.3 Å². The van der Waals surface area contributed by atoms with E-state index in [0.717, 1.165) is 56.2 Å². The number of nitrogens with one attached hydrogen (secondary N) is 2. The topological polar surface area (TPSA) is 81.1 Å². The van der Waals surface area contributed by atoms with E-state index in [0.29, 0.717) is 0 Å².